The summed E-state index contributed by atoms with van der Waals surface area (Å²) in [6.07, 6.45) is 5.37. The van der Waals surface area contributed by atoms with E-state index in [2.05, 4.69) is 16.9 Å². The summed E-state index contributed by atoms with van der Waals surface area (Å²) in [4.78, 5) is 7.95. The lowest BCUT2D eigenvalue weighted by Gasteiger charge is -2.04. The second-order valence-corrected chi connectivity index (χ2v) is 3.73. The van der Waals surface area contributed by atoms with E-state index in [9.17, 15) is 0 Å². The highest BCUT2D eigenvalue weighted by atomic mass is 35.5. The minimum absolute atomic E-state index is 0.412. The highest BCUT2D eigenvalue weighted by Crippen LogP contribution is 2.27. The summed E-state index contributed by atoms with van der Waals surface area (Å²) in [7, 11) is 0. The summed E-state index contributed by atoms with van der Waals surface area (Å²) in [5.41, 5.74) is 1.55. The zero-order valence-electron chi connectivity index (χ0n) is 8.22. The number of aromatic nitrogens is 2. The average Bonchev–Trinajstić information content (AvgIpc) is 2.14. The number of rotatable bonds is 3. The van der Waals surface area contributed by atoms with E-state index in [1.807, 2.05) is 13.0 Å². The van der Waals surface area contributed by atoms with Crippen LogP contribution in [0.4, 0.5) is 0 Å². The van der Waals surface area contributed by atoms with Crippen molar-refractivity contribution < 1.29 is 0 Å². The van der Waals surface area contributed by atoms with Crippen molar-refractivity contribution >= 4 is 28.2 Å². The van der Waals surface area contributed by atoms with E-state index in [0.717, 1.165) is 24.1 Å². The average molecular weight is 231 g/mol. The third-order valence-electron chi connectivity index (χ3n) is 1.84. The molecule has 1 aromatic rings. The van der Waals surface area contributed by atoms with E-state index in [0.29, 0.717) is 10.2 Å². The Bertz CT molecular complexity index is 328. The SMILES string of the molecule is CCCC=C(Cl)c1c(C)ncnc1Cl. The van der Waals surface area contributed by atoms with Gasteiger partial charge in [0, 0.05) is 5.03 Å². The first-order valence-electron chi connectivity index (χ1n) is 4.50. The van der Waals surface area contributed by atoms with Crippen molar-refractivity contribution in [2.45, 2.75) is 26.7 Å². The van der Waals surface area contributed by atoms with Crippen LogP contribution in [0, 0.1) is 6.92 Å². The number of unbranched alkanes of at least 4 members (excludes halogenated alkanes) is 1. The number of aryl methyl sites for hydroxylation is 1. The third kappa shape index (κ3) is 2.69. The second kappa shape index (κ2) is 5.32. The molecule has 1 heterocycles. The Balaban J connectivity index is 3.05. The first kappa shape index (κ1) is 11.5. The highest BCUT2D eigenvalue weighted by molar-refractivity contribution is 6.50. The summed E-state index contributed by atoms with van der Waals surface area (Å²) >= 11 is 12.0. The standard InChI is InChI=1S/C10H12Cl2N2/c1-3-4-5-8(11)9-7(2)13-6-14-10(9)12/h5-6H,3-4H2,1-2H3. The molecule has 4 heteroatoms. The second-order valence-electron chi connectivity index (χ2n) is 2.97. The van der Waals surface area contributed by atoms with Crippen molar-refractivity contribution in [3.63, 3.8) is 0 Å². The number of hydrogen-bond acceptors (Lipinski definition) is 2. The minimum Gasteiger partial charge on any atom is -0.241 e. The molecule has 76 valence electrons. The molecule has 1 rings (SSSR count). The number of allylic oxidation sites excluding steroid dienone is 1. The van der Waals surface area contributed by atoms with Crippen LogP contribution < -0.4 is 0 Å². The summed E-state index contributed by atoms with van der Waals surface area (Å²) in [6, 6.07) is 0. The predicted octanol–water partition coefficient (Wildman–Crippen LogP) is 3.82. The molecule has 0 unspecified atom stereocenters. The normalized spacial score (nSPS) is 11.9. The van der Waals surface area contributed by atoms with Gasteiger partial charge in [-0.05, 0) is 13.3 Å². The van der Waals surface area contributed by atoms with Crippen LogP contribution in [-0.4, -0.2) is 9.97 Å². The van der Waals surface area contributed by atoms with Gasteiger partial charge in [-0.3, -0.25) is 0 Å². The largest absolute Gasteiger partial charge is 0.241 e. The summed E-state index contributed by atoms with van der Waals surface area (Å²) in [5, 5.41) is 1.05. The van der Waals surface area contributed by atoms with Gasteiger partial charge in [0.15, 0.2) is 0 Å². The fraction of sp³-hybridized carbons (Fsp3) is 0.400. The monoisotopic (exact) mass is 230 g/mol. The minimum atomic E-state index is 0.412. The Labute approximate surface area is 94.0 Å². The summed E-state index contributed by atoms with van der Waals surface area (Å²) < 4.78 is 0. The topological polar surface area (TPSA) is 25.8 Å². The molecule has 2 nitrogen and oxygen atoms in total. The van der Waals surface area contributed by atoms with Gasteiger partial charge >= 0.3 is 0 Å². The van der Waals surface area contributed by atoms with Gasteiger partial charge in [0.25, 0.3) is 0 Å². The Kier molecular flexibility index (Phi) is 4.36. The molecule has 0 atom stereocenters. The van der Waals surface area contributed by atoms with Gasteiger partial charge < -0.3 is 0 Å². The molecule has 0 fully saturated rings. The molecule has 0 aliphatic carbocycles. The van der Waals surface area contributed by atoms with Crippen LogP contribution in [0.15, 0.2) is 12.4 Å². The molecule has 0 amide bonds. The van der Waals surface area contributed by atoms with Crippen LogP contribution in [0.2, 0.25) is 5.15 Å². The molecule has 0 saturated carbocycles. The smallest absolute Gasteiger partial charge is 0.141 e. The van der Waals surface area contributed by atoms with Crippen LogP contribution >= 0.6 is 23.2 Å². The lowest BCUT2D eigenvalue weighted by atomic mass is 10.2. The molecule has 14 heavy (non-hydrogen) atoms. The Morgan fingerprint density at radius 3 is 2.79 bits per heavy atom. The van der Waals surface area contributed by atoms with Crippen molar-refractivity contribution in [3.8, 4) is 0 Å². The summed E-state index contributed by atoms with van der Waals surface area (Å²) in [5.74, 6) is 0. The van der Waals surface area contributed by atoms with Gasteiger partial charge in [0.1, 0.15) is 11.5 Å². The first-order valence-corrected chi connectivity index (χ1v) is 5.25. The van der Waals surface area contributed by atoms with Crippen LogP contribution in [0.3, 0.4) is 0 Å². The van der Waals surface area contributed by atoms with E-state index in [4.69, 9.17) is 23.2 Å². The number of halogens is 2. The van der Waals surface area contributed by atoms with Gasteiger partial charge in [-0.15, -0.1) is 0 Å². The summed E-state index contributed by atoms with van der Waals surface area (Å²) in [6.45, 7) is 3.96. The van der Waals surface area contributed by atoms with Gasteiger partial charge in [0.2, 0.25) is 0 Å². The lowest BCUT2D eigenvalue weighted by molar-refractivity contribution is 0.960. The van der Waals surface area contributed by atoms with Gasteiger partial charge in [0.05, 0.1) is 11.3 Å². The zero-order valence-corrected chi connectivity index (χ0v) is 9.73. The quantitative estimate of drug-likeness (QED) is 0.739. The van der Waals surface area contributed by atoms with E-state index in [1.165, 1.54) is 6.33 Å². The van der Waals surface area contributed by atoms with Crippen molar-refractivity contribution in [2.24, 2.45) is 0 Å². The highest BCUT2D eigenvalue weighted by Gasteiger charge is 2.09. The van der Waals surface area contributed by atoms with Gasteiger partial charge in [-0.1, -0.05) is 42.6 Å². The number of nitrogens with zero attached hydrogens (tertiary/aromatic N) is 2. The third-order valence-corrected chi connectivity index (χ3v) is 2.47. The molecule has 1 aromatic heterocycles. The molecule has 0 N–H and O–H groups in total. The first-order chi connectivity index (χ1) is 6.66. The van der Waals surface area contributed by atoms with E-state index >= 15 is 0 Å². The van der Waals surface area contributed by atoms with Gasteiger partial charge in [-0.25, -0.2) is 9.97 Å². The fourth-order valence-electron chi connectivity index (χ4n) is 1.09. The van der Waals surface area contributed by atoms with Crippen molar-refractivity contribution in [1.29, 1.82) is 0 Å². The van der Waals surface area contributed by atoms with Gasteiger partial charge in [-0.2, -0.15) is 0 Å². The maximum Gasteiger partial charge on any atom is 0.141 e. The Hall–Kier alpha value is -0.600. The molecular weight excluding hydrogens is 219 g/mol. The predicted molar refractivity (Wildman–Crippen MR) is 60.5 cm³/mol. The maximum atomic E-state index is 6.09. The number of hydrogen-bond donors (Lipinski definition) is 0. The van der Waals surface area contributed by atoms with Crippen molar-refractivity contribution in [3.05, 3.63) is 28.8 Å². The zero-order chi connectivity index (χ0) is 10.6. The molecule has 0 spiro atoms. The Morgan fingerprint density at radius 2 is 2.21 bits per heavy atom. The maximum absolute atomic E-state index is 6.09. The molecule has 0 radical (unpaired) electrons. The molecule has 0 aromatic carbocycles. The molecule has 0 bridgehead atoms. The van der Waals surface area contributed by atoms with E-state index < -0.39 is 0 Å². The van der Waals surface area contributed by atoms with Crippen LogP contribution in [0.5, 0.6) is 0 Å². The van der Waals surface area contributed by atoms with Crippen molar-refractivity contribution in [2.75, 3.05) is 0 Å². The lowest BCUT2D eigenvalue weighted by Crippen LogP contribution is -1.92. The van der Waals surface area contributed by atoms with Crippen LogP contribution in [0.1, 0.15) is 31.0 Å². The fourth-order valence-corrected chi connectivity index (χ4v) is 1.75. The molecular formula is C10H12Cl2N2. The van der Waals surface area contributed by atoms with E-state index in [-0.39, 0.29) is 0 Å². The van der Waals surface area contributed by atoms with Crippen molar-refractivity contribution in [1.82, 2.24) is 9.97 Å². The van der Waals surface area contributed by atoms with Crippen LogP contribution in [0.25, 0.3) is 5.03 Å². The molecule has 0 saturated heterocycles. The van der Waals surface area contributed by atoms with E-state index in [1.54, 1.807) is 0 Å². The van der Waals surface area contributed by atoms with Crippen LogP contribution in [-0.2, 0) is 0 Å². The molecule has 0 aliphatic heterocycles. The Morgan fingerprint density at radius 1 is 1.50 bits per heavy atom. The molecule has 0 aliphatic rings.